The number of ether oxygens (including phenoxy) is 4. The predicted molar refractivity (Wildman–Crippen MR) is 128 cm³/mol. The summed E-state index contributed by atoms with van der Waals surface area (Å²) in [6.45, 7) is 8.90. The van der Waals surface area contributed by atoms with E-state index in [4.69, 9.17) is 23.4 Å². The number of carbonyl (C=O) groups excluding carboxylic acids is 1. The molecule has 1 unspecified atom stereocenters. The van der Waals surface area contributed by atoms with Crippen LogP contribution in [0.1, 0.15) is 59.3 Å². The Morgan fingerprint density at radius 1 is 1.18 bits per heavy atom. The fourth-order valence-electron chi connectivity index (χ4n) is 4.07. The Balaban J connectivity index is 1.20. The molecular weight excluding hydrogens is 438 g/mol. The number of fused-ring (bicyclic) bond motifs is 1. The number of amides is 1. The van der Waals surface area contributed by atoms with Crippen molar-refractivity contribution in [1.29, 1.82) is 0 Å². The molecular formula is C25H37N3O6. The van der Waals surface area contributed by atoms with Crippen molar-refractivity contribution < 1.29 is 28.2 Å². The van der Waals surface area contributed by atoms with Crippen molar-refractivity contribution in [2.45, 2.75) is 77.2 Å². The number of piperidine rings is 1. The molecule has 0 aliphatic carbocycles. The second-order valence-corrected chi connectivity index (χ2v) is 9.90. The number of nitrogens with zero attached hydrogens (tertiary/aromatic N) is 2. The Morgan fingerprint density at radius 2 is 2.00 bits per heavy atom. The second kappa shape index (κ2) is 11.3. The van der Waals surface area contributed by atoms with Gasteiger partial charge in [-0.15, -0.1) is 0 Å². The molecule has 1 atom stereocenters. The van der Waals surface area contributed by atoms with Gasteiger partial charge in [0.2, 0.25) is 0 Å². The zero-order valence-corrected chi connectivity index (χ0v) is 20.5. The van der Waals surface area contributed by atoms with Gasteiger partial charge in [0.05, 0.1) is 13.2 Å². The van der Waals surface area contributed by atoms with Crippen LogP contribution in [0.4, 0.5) is 10.8 Å². The van der Waals surface area contributed by atoms with Gasteiger partial charge in [0, 0.05) is 38.2 Å². The van der Waals surface area contributed by atoms with Crippen LogP contribution in [0, 0.1) is 0 Å². The first kappa shape index (κ1) is 24.6. The number of hydrogen-bond acceptors (Lipinski definition) is 8. The molecule has 1 aromatic carbocycles. The summed E-state index contributed by atoms with van der Waals surface area (Å²) in [4.78, 5) is 18.6. The van der Waals surface area contributed by atoms with E-state index in [0.717, 1.165) is 50.0 Å². The van der Waals surface area contributed by atoms with E-state index in [1.165, 1.54) is 6.42 Å². The standard InChI is InChI=1S/C25H37N3O6/c1-25(2,3)34-24(29)28-12-10-18(11-13-28)26-23-27-20-17-19(8-9-21(20)33-23)30-15-6-16-32-22-7-4-5-14-31-22/h8-9,17-18,22H,4-7,10-16H2,1-3H3,(H,26,27). The Bertz CT molecular complexity index is 926. The SMILES string of the molecule is CC(C)(C)OC(=O)N1CCC(Nc2nc3cc(OCCCOC4CCCCO4)ccc3o2)CC1. The normalized spacial score (nSPS) is 19.9. The van der Waals surface area contributed by atoms with Gasteiger partial charge in [-0.05, 0) is 65.0 Å². The zero-order valence-electron chi connectivity index (χ0n) is 20.5. The minimum atomic E-state index is -0.482. The van der Waals surface area contributed by atoms with Crippen LogP contribution in [0.15, 0.2) is 22.6 Å². The van der Waals surface area contributed by atoms with Gasteiger partial charge in [-0.2, -0.15) is 4.98 Å². The molecule has 1 aromatic heterocycles. The number of hydrogen-bond donors (Lipinski definition) is 1. The lowest BCUT2D eigenvalue weighted by molar-refractivity contribution is -0.163. The number of benzene rings is 1. The molecule has 3 heterocycles. The van der Waals surface area contributed by atoms with Gasteiger partial charge >= 0.3 is 6.09 Å². The molecule has 2 saturated heterocycles. The number of likely N-dealkylation sites (tertiary alicyclic amines) is 1. The molecule has 2 aliphatic rings. The predicted octanol–water partition coefficient (Wildman–Crippen LogP) is 4.95. The number of anilines is 1. The van der Waals surface area contributed by atoms with E-state index in [2.05, 4.69) is 10.3 Å². The molecule has 2 aliphatic heterocycles. The highest BCUT2D eigenvalue weighted by molar-refractivity contribution is 5.76. The first-order chi connectivity index (χ1) is 16.4. The molecule has 0 saturated carbocycles. The van der Waals surface area contributed by atoms with Gasteiger partial charge in [0.1, 0.15) is 16.9 Å². The maximum atomic E-state index is 12.2. The zero-order chi connectivity index (χ0) is 24.0. The Morgan fingerprint density at radius 3 is 2.74 bits per heavy atom. The molecule has 0 radical (unpaired) electrons. The number of carbonyl (C=O) groups is 1. The summed E-state index contributed by atoms with van der Waals surface area (Å²) in [5.74, 6) is 0.756. The highest BCUT2D eigenvalue weighted by Gasteiger charge is 2.27. The lowest BCUT2D eigenvalue weighted by Crippen LogP contribution is -2.44. The molecule has 0 spiro atoms. The average Bonchev–Trinajstić information content (AvgIpc) is 3.20. The lowest BCUT2D eigenvalue weighted by Gasteiger charge is -2.33. The van der Waals surface area contributed by atoms with Crippen LogP contribution in [0.5, 0.6) is 5.75 Å². The molecule has 9 nitrogen and oxygen atoms in total. The summed E-state index contributed by atoms with van der Waals surface area (Å²) in [7, 11) is 0. The molecule has 0 bridgehead atoms. The highest BCUT2D eigenvalue weighted by Crippen LogP contribution is 2.26. The van der Waals surface area contributed by atoms with Crippen molar-refractivity contribution in [2.75, 3.05) is 38.2 Å². The quantitative estimate of drug-likeness (QED) is 0.536. The third-order valence-corrected chi connectivity index (χ3v) is 5.83. The molecule has 1 amide bonds. The van der Waals surface area contributed by atoms with Crippen LogP contribution in [-0.2, 0) is 14.2 Å². The van der Waals surface area contributed by atoms with E-state index in [9.17, 15) is 4.79 Å². The van der Waals surface area contributed by atoms with E-state index in [1.807, 2.05) is 39.0 Å². The Labute approximate surface area is 201 Å². The number of aromatic nitrogens is 1. The van der Waals surface area contributed by atoms with E-state index in [1.54, 1.807) is 4.90 Å². The van der Waals surface area contributed by atoms with Crippen molar-refractivity contribution in [2.24, 2.45) is 0 Å². The van der Waals surface area contributed by atoms with E-state index in [0.29, 0.717) is 37.9 Å². The second-order valence-electron chi connectivity index (χ2n) is 9.90. The van der Waals surface area contributed by atoms with Gasteiger partial charge in [0.25, 0.3) is 6.01 Å². The first-order valence-corrected chi connectivity index (χ1v) is 12.4. The van der Waals surface area contributed by atoms with Crippen molar-refractivity contribution in [1.82, 2.24) is 9.88 Å². The molecule has 9 heteroatoms. The molecule has 2 aromatic rings. The summed E-state index contributed by atoms with van der Waals surface area (Å²) in [6.07, 6.45) is 5.36. The fourth-order valence-corrected chi connectivity index (χ4v) is 4.07. The van der Waals surface area contributed by atoms with Crippen molar-refractivity contribution >= 4 is 23.2 Å². The third-order valence-electron chi connectivity index (χ3n) is 5.83. The van der Waals surface area contributed by atoms with Crippen LogP contribution < -0.4 is 10.1 Å². The summed E-state index contributed by atoms with van der Waals surface area (Å²) in [5, 5.41) is 3.36. The van der Waals surface area contributed by atoms with E-state index < -0.39 is 5.60 Å². The van der Waals surface area contributed by atoms with Crippen LogP contribution in [-0.4, -0.2) is 66.8 Å². The topological polar surface area (TPSA) is 95.3 Å². The largest absolute Gasteiger partial charge is 0.493 e. The maximum absolute atomic E-state index is 12.2. The molecule has 2 fully saturated rings. The van der Waals surface area contributed by atoms with Crippen molar-refractivity contribution in [3.8, 4) is 5.75 Å². The number of rotatable bonds is 8. The monoisotopic (exact) mass is 475 g/mol. The number of oxazole rings is 1. The summed E-state index contributed by atoms with van der Waals surface area (Å²) in [6, 6.07) is 6.33. The summed E-state index contributed by atoms with van der Waals surface area (Å²) < 4.78 is 28.5. The van der Waals surface area contributed by atoms with Gasteiger partial charge in [-0.1, -0.05) is 0 Å². The van der Waals surface area contributed by atoms with Gasteiger partial charge in [-0.3, -0.25) is 0 Å². The smallest absolute Gasteiger partial charge is 0.410 e. The molecule has 34 heavy (non-hydrogen) atoms. The highest BCUT2D eigenvalue weighted by atomic mass is 16.7. The maximum Gasteiger partial charge on any atom is 0.410 e. The van der Waals surface area contributed by atoms with Crippen LogP contribution in [0.2, 0.25) is 0 Å². The summed E-state index contributed by atoms with van der Waals surface area (Å²) in [5.41, 5.74) is 0.974. The molecule has 1 N–H and O–H groups in total. The third kappa shape index (κ3) is 7.24. The Kier molecular flexibility index (Phi) is 8.15. The lowest BCUT2D eigenvalue weighted by atomic mass is 10.1. The van der Waals surface area contributed by atoms with Crippen LogP contribution >= 0.6 is 0 Å². The molecule has 188 valence electrons. The first-order valence-electron chi connectivity index (χ1n) is 12.4. The minimum Gasteiger partial charge on any atom is -0.493 e. The summed E-state index contributed by atoms with van der Waals surface area (Å²) >= 11 is 0. The number of nitrogens with one attached hydrogen (secondary N) is 1. The fraction of sp³-hybridized carbons (Fsp3) is 0.680. The van der Waals surface area contributed by atoms with Crippen molar-refractivity contribution in [3.05, 3.63) is 18.2 Å². The van der Waals surface area contributed by atoms with Crippen molar-refractivity contribution in [3.63, 3.8) is 0 Å². The van der Waals surface area contributed by atoms with Gasteiger partial charge in [0.15, 0.2) is 11.9 Å². The average molecular weight is 476 g/mol. The van der Waals surface area contributed by atoms with E-state index in [-0.39, 0.29) is 18.4 Å². The van der Waals surface area contributed by atoms with Crippen LogP contribution in [0.3, 0.4) is 0 Å². The minimum absolute atomic E-state index is 0.0595. The van der Waals surface area contributed by atoms with Gasteiger partial charge < -0.3 is 33.6 Å². The Hall–Kier alpha value is -2.52. The molecule has 4 rings (SSSR count). The van der Waals surface area contributed by atoms with E-state index >= 15 is 0 Å². The van der Waals surface area contributed by atoms with Crippen LogP contribution in [0.25, 0.3) is 11.1 Å². The van der Waals surface area contributed by atoms with Gasteiger partial charge in [-0.25, -0.2) is 4.79 Å².